The maximum absolute atomic E-state index is 12.2. The van der Waals surface area contributed by atoms with Crippen LogP contribution < -0.4 is 5.32 Å². The Hall–Kier alpha value is -2.25. The number of carbonyl (C=O) groups is 1. The van der Waals surface area contributed by atoms with Gasteiger partial charge in [-0.25, -0.2) is 4.68 Å². The van der Waals surface area contributed by atoms with Crippen molar-refractivity contribution in [1.29, 1.82) is 0 Å². The molecule has 0 aliphatic rings. The van der Waals surface area contributed by atoms with E-state index in [0.29, 0.717) is 11.5 Å². The number of tetrazole rings is 1. The van der Waals surface area contributed by atoms with Gasteiger partial charge in [0.15, 0.2) is 5.82 Å². The van der Waals surface area contributed by atoms with Crippen molar-refractivity contribution < 1.29 is 4.79 Å². The summed E-state index contributed by atoms with van der Waals surface area (Å²) in [4.78, 5) is 12.2. The van der Waals surface area contributed by atoms with Crippen molar-refractivity contribution >= 4 is 5.91 Å². The van der Waals surface area contributed by atoms with E-state index in [4.69, 9.17) is 0 Å². The van der Waals surface area contributed by atoms with Crippen LogP contribution in [0, 0.1) is 6.92 Å². The Morgan fingerprint density at radius 1 is 1.35 bits per heavy atom. The minimum Gasteiger partial charge on any atom is -0.341 e. The van der Waals surface area contributed by atoms with Gasteiger partial charge in [0, 0.05) is 18.8 Å². The first-order chi connectivity index (χ1) is 9.40. The molecular formula is C12H19N7O. The van der Waals surface area contributed by atoms with Crippen LogP contribution in [-0.4, -0.2) is 35.9 Å². The highest BCUT2D eigenvalue weighted by Gasteiger charge is 2.19. The van der Waals surface area contributed by atoms with Crippen LogP contribution in [0.3, 0.4) is 0 Å². The summed E-state index contributed by atoms with van der Waals surface area (Å²) in [5.41, 5.74) is 1.36. The van der Waals surface area contributed by atoms with Crippen molar-refractivity contribution in [3.05, 3.63) is 23.3 Å². The fraction of sp³-hybridized carbons (Fsp3) is 0.583. The van der Waals surface area contributed by atoms with Crippen molar-refractivity contribution in [3.8, 4) is 0 Å². The minimum atomic E-state index is -0.285. The van der Waals surface area contributed by atoms with Crippen molar-refractivity contribution in [2.75, 3.05) is 0 Å². The molecule has 2 heterocycles. The number of aryl methyl sites for hydroxylation is 2. The van der Waals surface area contributed by atoms with E-state index in [-0.39, 0.29) is 18.0 Å². The van der Waals surface area contributed by atoms with Crippen molar-refractivity contribution in [3.63, 3.8) is 0 Å². The van der Waals surface area contributed by atoms with E-state index >= 15 is 0 Å². The second-order valence-electron chi connectivity index (χ2n) is 5.07. The average molecular weight is 277 g/mol. The van der Waals surface area contributed by atoms with E-state index < -0.39 is 0 Å². The summed E-state index contributed by atoms with van der Waals surface area (Å²) >= 11 is 0. The van der Waals surface area contributed by atoms with Crippen molar-refractivity contribution in [2.45, 2.75) is 39.8 Å². The first-order valence-electron chi connectivity index (χ1n) is 6.49. The molecule has 8 heteroatoms. The summed E-state index contributed by atoms with van der Waals surface area (Å²) in [6.45, 7) is 7.81. The van der Waals surface area contributed by atoms with Gasteiger partial charge >= 0.3 is 0 Å². The molecule has 0 aliphatic heterocycles. The van der Waals surface area contributed by atoms with Crippen LogP contribution in [0.15, 0.2) is 6.07 Å². The van der Waals surface area contributed by atoms with Gasteiger partial charge in [0.05, 0.1) is 6.04 Å². The van der Waals surface area contributed by atoms with Gasteiger partial charge < -0.3 is 5.32 Å². The quantitative estimate of drug-likeness (QED) is 0.892. The van der Waals surface area contributed by atoms with Crippen molar-refractivity contribution in [2.24, 2.45) is 7.05 Å². The van der Waals surface area contributed by atoms with Crippen LogP contribution in [-0.2, 0) is 7.05 Å². The molecule has 20 heavy (non-hydrogen) atoms. The zero-order chi connectivity index (χ0) is 14.9. The van der Waals surface area contributed by atoms with E-state index in [1.165, 1.54) is 4.68 Å². The van der Waals surface area contributed by atoms with E-state index in [9.17, 15) is 4.79 Å². The first kappa shape index (κ1) is 14.2. The number of nitrogens with one attached hydrogen (secondary N) is 1. The number of hydrogen-bond acceptors (Lipinski definition) is 5. The van der Waals surface area contributed by atoms with Crippen molar-refractivity contribution in [1.82, 2.24) is 35.3 Å². The van der Waals surface area contributed by atoms with Crippen LogP contribution in [0.1, 0.15) is 54.9 Å². The number of rotatable bonds is 4. The lowest BCUT2D eigenvalue weighted by Gasteiger charge is -2.11. The molecule has 0 fully saturated rings. The maximum atomic E-state index is 12.2. The molecule has 2 aromatic heterocycles. The molecular weight excluding hydrogens is 258 g/mol. The zero-order valence-electron chi connectivity index (χ0n) is 12.3. The molecule has 0 aliphatic carbocycles. The number of carbonyl (C=O) groups excluding carboxylic acids is 1. The maximum Gasteiger partial charge on any atom is 0.272 e. The van der Waals surface area contributed by atoms with Crippen LogP contribution in [0.5, 0.6) is 0 Å². The highest BCUT2D eigenvalue weighted by atomic mass is 16.2. The third-order valence-corrected chi connectivity index (χ3v) is 3.03. The molecule has 108 valence electrons. The third kappa shape index (κ3) is 2.68. The van der Waals surface area contributed by atoms with Crippen LogP contribution >= 0.6 is 0 Å². The molecule has 8 nitrogen and oxygen atoms in total. The summed E-state index contributed by atoms with van der Waals surface area (Å²) < 4.78 is 3.35. The summed E-state index contributed by atoms with van der Waals surface area (Å²) in [6, 6.07) is 1.71. The lowest BCUT2D eigenvalue weighted by molar-refractivity contribution is 0.0931. The molecule has 0 aromatic carbocycles. The summed E-state index contributed by atoms with van der Waals surface area (Å²) in [5, 5.41) is 18.3. The largest absolute Gasteiger partial charge is 0.341 e. The van der Waals surface area contributed by atoms with Gasteiger partial charge in [0.1, 0.15) is 5.69 Å². The monoisotopic (exact) mass is 277 g/mol. The van der Waals surface area contributed by atoms with E-state index in [2.05, 4.69) is 25.9 Å². The molecule has 0 bridgehead atoms. The molecule has 1 N–H and O–H groups in total. The van der Waals surface area contributed by atoms with E-state index in [1.807, 2.05) is 32.4 Å². The summed E-state index contributed by atoms with van der Waals surface area (Å²) in [6.07, 6.45) is 0. The molecule has 2 aromatic rings. The molecule has 1 atom stereocenters. The molecule has 2 rings (SSSR count). The average Bonchev–Trinajstić information content (AvgIpc) is 2.95. The minimum absolute atomic E-state index is 0.219. The predicted molar refractivity (Wildman–Crippen MR) is 72.0 cm³/mol. The van der Waals surface area contributed by atoms with Gasteiger partial charge in [-0.1, -0.05) is 0 Å². The number of aromatic nitrogens is 6. The SMILES string of the molecule is Cc1cc(C(=O)N[C@@H](C)c2nnnn2C)nn1C(C)C. The first-order valence-corrected chi connectivity index (χ1v) is 6.49. The summed E-state index contributed by atoms with van der Waals surface area (Å²) in [7, 11) is 1.73. The number of amides is 1. The fourth-order valence-electron chi connectivity index (χ4n) is 2.06. The van der Waals surface area contributed by atoms with Crippen LogP contribution in [0.25, 0.3) is 0 Å². The Labute approximate surface area is 117 Å². The van der Waals surface area contributed by atoms with Crippen LogP contribution in [0.2, 0.25) is 0 Å². The predicted octanol–water partition coefficient (Wildman–Crippen LogP) is 0.787. The Balaban J connectivity index is 2.12. The summed E-state index contributed by atoms with van der Waals surface area (Å²) in [5.74, 6) is 0.362. The number of nitrogens with zero attached hydrogens (tertiary/aromatic N) is 6. The Morgan fingerprint density at radius 2 is 2.05 bits per heavy atom. The topological polar surface area (TPSA) is 90.5 Å². The second kappa shape index (κ2) is 5.40. The Kier molecular flexibility index (Phi) is 3.82. The lowest BCUT2D eigenvalue weighted by atomic mass is 10.3. The van der Waals surface area contributed by atoms with E-state index in [0.717, 1.165) is 5.69 Å². The molecule has 0 spiro atoms. The normalized spacial score (nSPS) is 12.7. The molecule has 0 unspecified atom stereocenters. The second-order valence-corrected chi connectivity index (χ2v) is 5.07. The third-order valence-electron chi connectivity index (χ3n) is 3.03. The zero-order valence-corrected chi connectivity index (χ0v) is 12.3. The fourth-order valence-corrected chi connectivity index (χ4v) is 2.06. The van der Waals surface area contributed by atoms with Gasteiger partial charge in [-0.3, -0.25) is 9.48 Å². The van der Waals surface area contributed by atoms with Gasteiger partial charge in [-0.15, -0.1) is 5.10 Å². The number of hydrogen-bond donors (Lipinski definition) is 1. The lowest BCUT2D eigenvalue weighted by Crippen LogP contribution is -2.29. The Morgan fingerprint density at radius 3 is 2.55 bits per heavy atom. The highest BCUT2D eigenvalue weighted by Crippen LogP contribution is 2.12. The highest BCUT2D eigenvalue weighted by molar-refractivity contribution is 5.92. The van der Waals surface area contributed by atoms with E-state index in [1.54, 1.807) is 13.1 Å². The molecule has 0 radical (unpaired) electrons. The van der Waals surface area contributed by atoms with Gasteiger partial charge in [-0.05, 0) is 44.2 Å². The molecule has 0 saturated carbocycles. The standard InChI is InChI=1S/C12H19N7O/c1-7(2)19-8(3)6-10(15-19)12(20)13-9(4)11-14-16-17-18(11)5/h6-7,9H,1-5H3,(H,13,20)/t9-/m0/s1. The van der Waals surface area contributed by atoms with Gasteiger partial charge in [-0.2, -0.15) is 5.10 Å². The smallest absolute Gasteiger partial charge is 0.272 e. The molecule has 1 amide bonds. The molecule has 0 saturated heterocycles. The Bertz CT molecular complexity index is 613. The van der Waals surface area contributed by atoms with Gasteiger partial charge in [0.2, 0.25) is 0 Å². The van der Waals surface area contributed by atoms with Gasteiger partial charge in [0.25, 0.3) is 5.91 Å². The van der Waals surface area contributed by atoms with Crippen LogP contribution in [0.4, 0.5) is 0 Å².